The predicted octanol–water partition coefficient (Wildman–Crippen LogP) is 4.01. The van der Waals surface area contributed by atoms with E-state index in [1.807, 2.05) is 13.8 Å². The molecule has 0 saturated carbocycles. The van der Waals surface area contributed by atoms with E-state index in [0.717, 1.165) is 66.9 Å². The molecule has 0 saturated heterocycles. The Morgan fingerprint density at radius 3 is 2.79 bits per heavy atom. The number of aryl methyl sites for hydroxylation is 3. The summed E-state index contributed by atoms with van der Waals surface area (Å²) in [6, 6.07) is 0. The van der Waals surface area contributed by atoms with Crippen LogP contribution in [0.1, 0.15) is 70.0 Å². The molecule has 0 aromatic carbocycles. The molecule has 0 bridgehead atoms. The van der Waals surface area contributed by atoms with Crippen LogP contribution in [-0.2, 0) is 35.6 Å². The van der Waals surface area contributed by atoms with Crippen LogP contribution in [0.5, 0.6) is 0 Å². The summed E-state index contributed by atoms with van der Waals surface area (Å²) in [6.45, 7) is 8.72. The Morgan fingerprint density at radius 1 is 1.18 bits per heavy atom. The number of nitrogens with two attached hydrogens (primary N) is 1. The second-order valence-corrected chi connectivity index (χ2v) is 7.36. The number of nitrogens with zero attached hydrogens (tertiary/aromatic N) is 4. The quantitative estimate of drug-likeness (QED) is 0.378. The number of fused-ring (bicyclic) bond motifs is 3. The number of ether oxygens (including phenoxy) is 1. The number of anilines is 1. The van der Waals surface area contributed by atoms with Crippen molar-refractivity contribution in [3.8, 4) is 0 Å². The van der Waals surface area contributed by atoms with E-state index in [4.69, 9.17) is 20.3 Å². The third kappa shape index (κ3) is 4.63. The van der Waals surface area contributed by atoms with Gasteiger partial charge < -0.3 is 19.9 Å². The second-order valence-electron chi connectivity index (χ2n) is 7.36. The zero-order chi connectivity index (χ0) is 19.9. The molecule has 28 heavy (non-hydrogen) atoms. The van der Waals surface area contributed by atoms with Crippen LogP contribution in [0, 0.1) is 0 Å². The molecule has 1 aliphatic carbocycles. The second kappa shape index (κ2) is 9.87. The summed E-state index contributed by atoms with van der Waals surface area (Å²) in [5.41, 5.74) is 11.8. The Kier molecular flexibility index (Phi) is 7.25. The van der Waals surface area contributed by atoms with E-state index in [2.05, 4.69) is 21.6 Å². The van der Waals surface area contributed by atoms with Gasteiger partial charge in [0.15, 0.2) is 5.82 Å². The van der Waals surface area contributed by atoms with Crippen LogP contribution in [0.3, 0.4) is 0 Å². The molecule has 0 radical (unpaired) electrons. The van der Waals surface area contributed by atoms with E-state index >= 15 is 0 Å². The highest BCUT2D eigenvalue weighted by molar-refractivity contribution is 5.89. The topological polar surface area (TPSA) is 87.6 Å². The number of hydrogen-bond acceptors (Lipinski definition) is 6. The van der Waals surface area contributed by atoms with Crippen molar-refractivity contribution >= 4 is 22.6 Å². The zero-order valence-electron chi connectivity index (χ0n) is 17.5. The summed E-state index contributed by atoms with van der Waals surface area (Å²) in [4.78, 5) is 14.9. The lowest BCUT2D eigenvalue weighted by atomic mass is 9.95. The molecule has 2 aromatic rings. The molecule has 0 atom stereocenters. The standard InChI is InChI=1S/C21H33N5O2/c1-4-15(3)25-28-13-9-8-12-26-18(14-27-5-2)24-19-20(26)16-10-6-7-11-17(16)23-21(19)22/h4-14H2,1-3H3,(H2,22,23)/b25-15-. The number of hydrogen-bond donors (Lipinski definition) is 1. The van der Waals surface area contributed by atoms with Crippen molar-refractivity contribution in [3.05, 3.63) is 17.1 Å². The Hall–Kier alpha value is -2.15. The van der Waals surface area contributed by atoms with Gasteiger partial charge in [-0.05, 0) is 64.4 Å². The van der Waals surface area contributed by atoms with Gasteiger partial charge in [-0.1, -0.05) is 12.1 Å². The Bertz CT molecular complexity index is 828. The molecule has 154 valence electrons. The number of aromatic nitrogens is 3. The summed E-state index contributed by atoms with van der Waals surface area (Å²) in [7, 11) is 0. The highest BCUT2D eigenvalue weighted by atomic mass is 16.6. The molecule has 1 aliphatic rings. The maximum atomic E-state index is 6.26. The van der Waals surface area contributed by atoms with Gasteiger partial charge in [0.1, 0.15) is 24.6 Å². The maximum Gasteiger partial charge on any atom is 0.151 e. The van der Waals surface area contributed by atoms with Gasteiger partial charge in [0, 0.05) is 18.8 Å². The van der Waals surface area contributed by atoms with Gasteiger partial charge in [0.25, 0.3) is 0 Å². The van der Waals surface area contributed by atoms with Gasteiger partial charge in [0.05, 0.1) is 11.2 Å². The fourth-order valence-electron chi connectivity index (χ4n) is 3.65. The number of unbranched alkanes of at least 4 members (excludes halogenated alkanes) is 1. The lowest BCUT2D eigenvalue weighted by Gasteiger charge is -2.18. The summed E-state index contributed by atoms with van der Waals surface area (Å²) in [6.07, 6.45) is 7.28. The van der Waals surface area contributed by atoms with E-state index in [1.54, 1.807) is 0 Å². The number of rotatable bonds is 10. The SMILES string of the molecule is CCOCc1nc2c(N)nc3c(c2n1CCCCO/N=C(/C)CC)CCCC3. The zero-order valence-corrected chi connectivity index (χ0v) is 17.5. The van der Waals surface area contributed by atoms with E-state index in [-0.39, 0.29) is 0 Å². The molecule has 2 heterocycles. The summed E-state index contributed by atoms with van der Waals surface area (Å²) in [5, 5.41) is 4.11. The van der Waals surface area contributed by atoms with Gasteiger partial charge in [-0.25, -0.2) is 9.97 Å². The Labute approximate surface area is 167 Å². The normalized spacial score (nSPS) is 14.5. The molecule has 7 nitrogen and oxygen atoms in total. The summed E-state index contributed by atoms with van der Waals surface area (Å²) >= 11 is 0. The minimum atomic E-state index is 0.496. The van der Waals surface area contributed by atoms with Crippen molar-refractivity contribution in [2.45, 2.75) is 78.9 Å². The minimum Gasteiger partial charge on any atom is -0.396 e. The van der Waals surface area contributed by atoms with Crippen molar-refractivity contribution < 1.29 is 9.57 Å². The van der Waals surface area contributed by atoms with Gasteiger partial charge in [-0.2, -0.15) is 0 Å². The number of pyridine rings is 1. The van der Waals surface area contributed by atoms with E-state index in [9.17, 15) is 0 Å². The van der Waals surface area contributed by atoms with Crippen LogP contribution in [0.2, 0.25) is 0 Å². The lowest BCUT2D eigenvalue weighted by molar-refractivity contribution is 0.124. The van der Waals surface area contributed by atoms with E-state index < -0.39 is 0 Å². The van der Waals surface area contributed by atoms with E-state index in [1.165, 1.54) is 18.4 Å². The first-order chi connectivity index (χ1) is 13.7. The molecule has 0 unspecified atom stereocenters. The smallest absolute Gasteiger partial charge is 0.151 e. The van der Waals surface area contributed by atoms with Crippen LogP contribution < -0.4 is 5.73 Å². The van der Waals surface area contributed by atoms with Crippen LogP contribution in [0.4, 0.5) is 5.82 Å². The Balaban J connectivity index is 1.81. The summed E-state index contributed by atoms with van der Waals surface area (Å²) < 4.78 is 7.97. The first-order valence-corrected chi connectivity index (χ1v) is 10.5. The molecular weight excluding hydrogens is 354 g/mol. The first kappa shape index (κ1) is 20.6. The Morgan fingerprint density at radius 2 is 2.00 bits per heavy atom. The molecular formula is C21H33N5O2. The molecule has 2 aromatic heterocycles. The predicted molar refractivity (Wildman–Crippen MR) is 112 cm³/mol. The van der Waals surface area contributed by atoms with Crippen LogP contribution >= 0.6 is 0 Å². The number of nitrogen functional groups attached to an aromatic ring is 1. The fraction of sp³-hybridized carbons (Fsp3) is 0.667. The van der Waals surface area contributed by atoms with Crippen molar-refractivity contribution in [1.29, 1.82) is 0 Å². The highest BCUT2D eigenvalue weighted by Crippen LogP contribution is 2.32. The average molecular weight is 388 g/mol. The molecule has 3 rings (SSSR count). The van der Waals surface area contributed by atoms with Crippen LogP contribution in [-0.4, -0.2) is 33.5 Å². The monoisotopic (exact) mass is 387 g/mol. The van der Waals surface area contributed by atoms with Crippen molar-refractivity contribution in [2.24, 2.45) is 5.16 Å². The van der Waals surface area contributed by atoms with Crippen molar-refractivity contribution in [3.63, 3.8) is 0 Å². The molecule has 0 spiro atoms. The third-order valence-electron chi connectivity index (χ3n) is 5.30. The molecule has 0 fully saturated rings. The van der Waals surface area contributed by atoms with Gasteiger partial charge in [-0.15, -0.1) is 0 Å². The van der Waals surface area contributed by atoms with Crippen molar-refractivity contribution in [2.75, 3.05) is 18.9 Å². The van der Waals surface area contributed by atoms with Gasteiger partial charge >= 0.3 is 0 Å². The van der Waals surface area contributed by atoms with Gasteiger partial charge in [-0.3, -0.25) is 0 Å². The average Bonchev–Trinajstić information content (AvgIpc) is 3.08. The summed E-state index contributed by atoms with van der Waals surface area (Å²) in [5.74, 6) is 1.48. The molecule has 0 aliphatic heterocycles. The van der Waals surface area contributed by atoms with E-state index in [0.29, 0.717) is 25.6 Å². The molecule has 7 heteroatoms. The lowest BCUT2D eigenvalue weighted by Crippen LogP contribution is -2.12. The number of imidazole rings is 1. The van der Waals surface area contributed by atoms with Crippen LogP contribution in [0.15, 0.2) is 5.16 Å². The number of oxime groups is 1. The van der Waals surface area contributed by atoms with Crippen LogP contribution in [0.25, 0.3) is 11.0 Å². The van der Waals surface area contributed by atoms with Gasteiger partial charge in [0.2, 0.25) is 0 Å². The fourth-order valence-corrected chi connectivity index (χ4v) is 3.65. The molecule has 2 N–H and O–H groups in total. The third-order valence-corrected chi connectivity index (χ3v) is 5.30. The minimum absolute atomic E-state index is 0.496. The highest BCUT2D eigenvalue weighted by Gasteiger charge is 2.22. The maximum absolute atomic E-state index is 6.26. The first-order valence-electron chi connectivity index (χ1n) is 10.5. The molecule has 0 amide bonds. The van der Waals surface area contributed by atoms with Crippen molar-refractivity contribution in [1.82, 2.24) is 14.5 Å². The largest absolute Gasteiger partial charge is 0.396 e.